The number of aromatic nitrogens is 2. The summed E-state index contributed by atoms with van der Waals surface area (Å²) in [5.74, 6) is -1.72. The fourth-order valence-corrected chi connectivity index (χ4v) is 2.50. The molecule has 1 aromatic heterocycles. The van der Waals surface area contributed by atoms with Crippen molar-refractivity contribution in [2.24, 2.45) is 0 Å². The number of amides is 1. The van der Waals surface area contributed by atoms with Gasteiger partial charge >= 0.3 is 12.1 Å². The molecule has 0 unspecified atom stereocenters. The Hall–Kier alpha value is -2.87. The molecule has 0 saturated heterocycles. The molecule has 0 aliphatic carbocycles. The first kappa shape index (κ1) is 17.9. The molecule has 0 aliphatic rings. The first-order valence-corrected chi connectivity index (χ1v) is 7.73. The summed E-state index contributed by atoms with van der Waals surface area (Å²) in [5.41, 5.74) is 1.55. The van der Waals surface area contributed by atoms with Crippen molar-refractivity contribution >= 4 is 23.7 Å². The molecule has 0 atom stereocenters. The Morgan fingerprint density at radius 3 is 2.42 bits per heavy atom. The molecule has 134 valence electrons. The minimum atomic E-state index is -4.71. The molecule has 0 fully saturated rings. The van der Waals surface area contributed by atoms with E-state index in [1.165, 1.54) is 17.0 Å². The highest BCUT2D eigenvalue weighted by molar-refractivity contribution is 6.31. The van der Waals surface area contributed by atoms with E-state index in [0.717, 1.165) is 0 Å². The van der Waals surface area contributed by atoms with Gasteiger partial charge in [0.15, 0.2) is 0 Å². The molecular formula is C17H11ClF3N3O2. The molecular weight excluding hydrogens is 371 g/mol. The lowest BCUT2D eigenvalue weighted by Crippen LogP contribution is -2.20. The van der Waals surface area contributed by atoms with E-state index < -0.39 is 12.1 Å². The molecule has 1 heterocycles. The lowest BCUT2D eigenvalue weighted by atomic mass is 10.1. The maximum Gasteiger partial charge on any atom is 0.470 e. The van der Waals surface area contributed by atoms with Crippen molar-refractivity contribution in [3.63, 3.8) is 0 Å². The van der Waals surface area contributed by atoms with Gasteiger partial charge in [0.2, 0.25) is 12.3 Å². The van der Waals surface area contributed by atoms with Crippen molar-refractivity contribution in [1.82, 2.24) is 10.2 Å². The Bertz CT molecular complexity index is 913. The smallest absolute Gasteiger partial charge is 0.413 e. The van der Waals surface area contributed by atoms with Gasteiger partial charge in [-0.05, 0) is 29.8 Å². The van der Waals surface area contributed by atoms with Gasteiger partial charge in [-0.15, -0.1) is 10.2 Å². The molecule has 5 nitrogen and oxygen atoms in total. The first-order valence-electron chi connectivity index (χ1n) is 7.35. The van der Waals surface area contributed by atoms with E-state index in [0.29, 0.717) is 17.7 Å². The van der Waals surface area contributed by atoms with E-state index >= 15 is 0 Å². The number of carbonyl (C=O) groups is 1. The summed E-state index contributed by atoms with van der Waals surface area (Å²) >= 11 is 6.21. The summed E-state index contributed by atoms with van der Waals surface area (Å²) in [5, 5.41) is 6.63. The molecule has 0 radical (unpaired) electrons. The number of rotatable bonds is 5. The molecule has 2 aromatic carbocycles. The van der Waals surface area contributed by atoms with Gasteiger partial charge in [0.1, 0.15) is 0 Å². The molecule has 0 saturated carbocycles. The van der Waals surface area contributed by atoms with Crippen LogP contribution >= 0.6 is 11.6 Å². The average molecular weight is 382 g/mol. The highest BCUT2D eigenvalue weighted by atomic mass is 35.5. The molecule has 26 heavy (non-hydrogen) atoms. The summed E-state index contributed by atoms with van der Waals surface area (Å²) in [7, 11) is 0. The lowest BCUT2D eigenvalue weighted by Gasteiger charge is -2.18. The normalized spacial score (nSPS) is 11.4. The van der Waals surface area contributed by atoms with Crippen LogP contribution in [0.2, 0.25) is 5.02 Å². The standard InChI is InChI=1S/C17H11ClF3N3O2/c18-14-8-11(15-22-23-16(26-15)17(19,20)21)6-7-12(14)9-24(10-25)13-4-2-1-3-5-13/h1-8,10H,9H2. The molecule has 0 spiro atoms. The van der Waals surface area contributed by atoms with E-state index in [4.69, 9.17) is 11.6 Å². The second-order valence-corrected chi connectivity index (χ2v) is 5.69. The number of anilines is 1. The summed E-state index contributed by atoms with van der Waals surface area (Å²) in [4.78, 5) is 12.8. The van der Waals surface area contributed by atoms with Crippen LogP contribution in [0.3, 0.4) is 0 Å². The van der Waals surface area contributed by atoms with Crippen molar-refractivity contribution in [3.05, 3.63) is 65.0 Å². The third kappa shape index (κ3) is 3.85. The maximum absolute atomic E-state index is 12.5. The van der Waals surface area contributed by atoms with Crippen LogP contribution in [0.15, 0.2) is 52.9 Å². The third-order valence-electron chi connectivity index (χ3n) is 3.52. The Balaban J connectivity index is 1.83. The van der Waals surface area contributed by atoms with E-state index in [2.05, 4.69) is 14.6 Å². The second-order valence-electron chi connectivity index (χ2n) is 5.29. The number of alkyl halides is 3. The molecule has 3 rings (SSSR count). The fraction of sp³-hybridized carbons (Fsp3) is 0.118. The van der Waals surface area contributed by atoms with E-state index in [1.807, 2.05) is 6.07 Å². The Kier molecular flexibility index (Phi) is 4.94. The Labute approximate surface area is 151 Å². The minimum Gasteiger partial charge on any atom is -0.413 e. The number of hydrogen-bond donors (Lipinski definition) is 0. The molecule has 0 bridgehead atoms. The van der Waals surface area contributed by atoms with Gasteiger partial charge in [-0.25, -0.2) is 0 Å². The average Bonchev–Trinajstić information content (AvgIpc) is 3.12. The highest BCUT2D eigenvalue weighted by Gasteiger charge is 2.38. The van der Waals surface area contributed by atoms with E-state index in [1.54, 1.807) is 30.3 Å². The van der Waals surface area contributed by atoms with Crippen LogP contribution in [-0.4, -0.2) is 16.6 Å². The van der Waals surface area contributed by atoms with E-state index in [-0.39, 0.29) is 23.0 Å². The molecule has 0 N–H and O–H groups in total. The van der Waals surface area contributed by atoms with Crippen molar-refractivity contribution in [1.29, 1.82) is 0 Å². The zero-order valence-electron chi connectivity index (χ0n) is 13.1. The van der Waals surface area contributed by atoms with Crippen LogP contribution in [0.4, 0.5) is 18.9 Å². The van der Waals surface area contributed by atoms with Crippen LogP contribution in [0, 0.1) is 0 Å². The number of benzene rings is 2. The van der Waals surface area contributed by atoms with Gasteiger partial charge < -0.3 is 9.32 Å². The minimum absolute atomic E-state index is 0.199. The van der Waals surface area contributed by atoms with Crippen LogP contribution in [-0.2, 0) is 17.5 Å². The van der Waals surface area contributed by atoms with Gasteiger partial charge in [0.05, 0.1) is 6.54 Å². The monoisotopic (exact) mass is 381 g/mol. The van der Waals surface area contributed by atoms with Crippen molar-refractivity contribution in [2.45, 2.75) is 12.7 Å². The molecule has 9 heteroatoms. The van der Waals surface area contributed by atoms with Crippen LogP contribution < -0.4 is 4.90 Å². The maximum atomic E-state index is 12.5. The van der Waals surface area contributed by atoms with Gasteiger partial charge in [-0.2, -0.15) is 13.2 Å². The van der Waals surface area contributed by atoms with Gasteiger partial charge in [-0.3, -0.25) is 4.79 Å². The number of hydrogen-bond acceptors (Lipinski definition) is 4. The largest absolute Gasteiger partial charge is 0.470 e. The predicted octanol–water partition coefficient (Wildman–Crippen LogP) is 4.57. The Morgan fingerprint density at radius 2 is 1.85 bits per heavy atom. The van der Waals surface area contributed by atoms with E-state index in [9.17, 15) is 18.0 Å². The van der Waals surface area contributed by atoms with Crippen molar-refractivity contribution in [2.75, 3.05) is 4.90 Å². The molecule has 3 aromatic rings. The third-order valence-corrected chi connectivity index (χ3v) is 3.88. The van der Waals surface area contributed by atoms with Crippen LogP contribution in [0.1, 0.15) is 11.5 Å². The number of nitrogens with zero attached hydrogens (tertiary/aromatic N) is 3. The van der Waals surface area contributed by atoms with Gasteiger partial charge in [0.25, 0.3) is 0 Å². The van der Waals surface area contributed by atoms with Gasteiger partial charge in [-0.1, -0.05) is 35.9 Å². The second kappa shape index (κ2) is 7.17. The first-order chi connectivity index (χ1) is 12.4. The predicted molar refractivity (Wildman–Crippen MR) is 88.4 cm³/mol. The number of halogens is 4. The van der Waals surface area contributed by atoms with Crippen LogP contribution in [0.25, 0.3) is 11.5 Å². The lowest BCUT2D eigenvalue weighted by molar-refractivity contribution is -0.156. The Morgan fingerprint density at radius 1 is 1.12 bits per heavy atom. The SMILES string of the molecule is O=CN(Cc1ccc(-c2nnc(C(F)(F)F)o2)cc1Cl)c1ccccc1. The van der Waals surface area contributed by atoms with Crippen LogP contribution in [0.5, 0.6) is 0 Å². The van der Waals surface area contributed by atoms with Gasteiger partial charge in [0, 0.05) is 16.3 Å². The summed E-state index contributed by atoms with van der Waals surface area (Å²) in [6, 6.07) is 13.5. The summed E-state index contributed by atoms with van der Waals surface area (Å²) < 4.78 is 42.3. The fourth-order valence-electron chi connectivity index (χ4n) is 2.26. The quantitative estimate of drug-likeness (QED) is 0.607. The highest BCUT2D eigenvalue weighted by Crippen LogP contribution is 2.32. The van der Waals surface area contributed by atoms with Crippen molar-refractivity contribution in [3.8, 4) is 11.5 Å². The number of para-hydroxylation sites is 1. The molecule has 1 amide bonds. The molecule has 0 aliphatic heterocycles. The summed E-state index contributed by atoms with van der Waals surface area (Å²) in [6.45, 7) is 0.199. The number of carbonyl (C=O) groups excluding carboxylic acids is 1. The zero-order valence-corrected chi connectivity index (χ0v) is 13.8. The summed E-state index contributed by atoms with van der Waals surface area (Å²) in [6.07, 6.45) is -4.04. The zero-order chi connectivity index (χ0) is 18.7. The van der Waals surface area contributed by atoms with Crippen molar-refractivity contribution < 1.29 is 22.4 Å². The topological polar surface area (TPSA) is 59.2 Å².